The molecule has 0 saturated heterocycles. The summed E-state index contributed by atoms with van der Waals surface area (Å²) >= 11 is 1.60. The molecule has 2 aromatic heterocycles. The summed E-state index contributed by atoms with van der Waals surface area (Å²) in [5.41, 5.74) is 1.79. The van der Waals surface area contributed by atoms with Crippen LogP contribution in [0.15, 0.2) is 34.2 Å². The average molecular weight is 289 g/mol. The number of thioether (sulfide) groups is 1. The zero-order chi connectivity index (χ0) is 13.9. The summed E-state index contributed by atoms with van der Waals surface area (Å²) in [5, 5.41) is 7.64. The van der Waals surface area contributed by atoms with Crippen LogP contribution in [0.3, 0.4) is 0 Å². The van der Waals surface area contributed by atoms with Crippen molar-refractivity contribution >= 4 is 22.8 Å². The van der Waals surface area contributed by atoms with Crippen LogP contribution in [-0.2, 0) is 6.54 Å². The minimum atomic E-state index is -0.0510. The SMILES string of the molecule is Cc1nc(SCCCn2c(=O)[nH]c3ccccc32)n[nH]1. The van der Waals surface area contributed by atoms with Gasteiger partial charge in [0.25, 0.3) is 0 Å². The van der Waals surface area contributed by atoms with E-state index in [0.29, 0.717) is 6.54 Å². The third-order valence-corrected chi connectivity index (χ3v) is 3.95. The van der Waals surface area contributed by atoms with Gasteiger partial charge < -0.3 is 4.98 Å². The normalized spacial score (nSPS) is 11.2. The van der Waals surface area contributed by atoms with E-state index in [9.17, 15) is 4.79 Å². The Kier molecular flexibility index (Phi) is 3.60. The number of fused-ring (bicyclic) bond motifs is 1. The first-order valence-corrected chi connectivity index (χ1v) is 7.42. The monoisotopic (exact) mass is 289 g/mol. The number of rotatable bonds is 5. The fourth-order valence-corrected chi connectivity index (χ4v) is 2.87. The molecule has 0 aliphatic carbocycles. The van der Waals surface area contributed by atoms with E-state index < -0.39 is 0 Å². The zero-order valence-corrected chi connectivity index (χ0v) is 11.9. The minimum absolute atomic E-state index is 0.0510. The Hall–Kier alpha value is -2.02. The van der Waals surface area contributed by atoms with Crippen LogP contribution in [-0.4, -0.2) is 30.5 Å². The molecular weight excluding hydrogens is 274 g/mol. The second kappa shape index (κ2) is 5.54. The van der Waals surface area contributed by atoms with Crippen molar-refractivity contribution in [1.29, 1.82) is 0 Å². The van der Waals surface area contributed by atoms with Gasteiger partial charge in [0.1, 0.15) is 5.82 Å². The molecule has 1 aromatic carbocycles. The number of hydrogen-bond acceptors (Lipinski definition) is 4. The summed E-state index contributed by atoms with van der Waals surface area (Å²) in [5.74, 6) is 1.70. The first-order valence-electron chi connectivity index (χ1n) is 6.43. The molecule has 0 spiro atoms. The van der Waals surface area contributed by atoms with Gasteiger partial charge in [0.05, 0.1) is 11.0 Å². The Morgan fingerprint density at radius 1 is 1.35 bits per heavy atom. The number of nitrogens with one attached hydrogen (secondary N) is 2. The minimum Gasteiger partial charge on any atom is -0.306 e. The molecule has 6 nitrogen and oxygen atoms in total. The molecule has 0 unspecified atom stereocenters. The lowest BCUT2D eigenvalue weighted by atomic mass is 10.3. The van der Waals surface area contributed by atoms with Crippen molar-refractivity contribution in [2.24, 2.45) is 0 Å². The van der Waals surface area contributed by atoms with Crippen LogP contribution in [0.5, 0.6) is 0 Å². The van der Waals surface area contributed by atoms with Crippen molar-refractivity contribution in [2.75, 3.05) is 5.75 Å². The third-order valence-electron chi connectivity index (χ3n) is 3.02. The van der Waals surface area contributed by atoms with Crippen molar-refractivity contribution in [3.8, 4) is 0 Å². The van der Waals surface area contributed by atoms with Gasteiger partial charge in [0.15, 0.2) is 0 Å². The number of aromatic amines is 2. The van der Waals surface area contributed by atoms with Gasteiger partial charge in [-0.1, -0.05) is 23.9 Å². The number of imidazole rings is 1. The van der Waals surface area contributed by atoms with Gasteiger partial charge in [0.2, 0.25) is 5.16 Å². The van der Waals surface area contributed by atoms with Gasteiger partial charge in [-0.05, 0) is 25.5 Å². The van der Waals surface area contributed by atoms with Crippen molar-refractivity contribution < 1.29 is 0 Å². The molecule has 0 aliphatic heterocycles. The highest BCUT2D eigenvalue weighted by Crippen LogP contribution is 2.14. The molecule has 3 aromatic rings. The van der Waals surface area contributed by atoms with Crippen molar-refractivity contribution in [1.82, 2.24) is 24.7 Å². The molecule has 3 rings (SSSR count). The smallest absolute Gasteiger partial charge is 0.306 e. The molecular formula is C13H15N5OS. The molecule has 7 heteroatoms. The van der Waals surface area contributed by atoms with Gasteiger partial charge in [-0.2, -0.15) is 0 Å². The molecule has 0 bridgehead atoms. The van der Waals surface area contributed by atoms with Crippen molar-refractivity contribution in [3.05, 3.63) is 40.6 Å². The Morgan fingerprint density at radius 2 is 2.20 bits per heavy atom. The number of aryl methyl sites for hydroxylation is 2. The number of para-hydroxylation sites is 2. The van der Waals surface area contributed by atoms with E-state index in [1.807, 2.05) is 31.2 Å². The van der Waals surface area contributed by atoms with E-state index in [4.69, 9.17) is 0 Å². The van der Waals surface area contributed by atoms with E-state index in [1.54, 1.807) is 16.3 Å². The summed E-state index contributed by atoms with van der Waals surface area (Å²) in [6.07, 6.45) is 0.889. The van der Waals surface area contributed by atoms with Gasteiger partial charge >= 0.3 is 5.69 Å². The maximum absolute atomic E-state index is 11.9. The molecule has 0 amide bonds. The fourth-order valence-electron chi connectivity index (χ4n) is 2.10. The number of H-pyrrole nitrogens is 2. The van der Waals surface area contributed by atoms with Crippen LogP contribution in [0.4, 0.5) is 0 Å². The number of nitrogens with zero attached hydrogens (tertiary/aromatic N) is 3. The molecule has 104 valence electrons. The first-order chi connectivity index (χ1) is 9.74. The Labute approximate surface area is 119 Å². The van der Waals surface area contributed by atoms with Crippen LogP contribution in [0.1, 0.15) is 12.2 Å². The van der Waals surface area contributed by atoms with Crippen molar-refractivity contribution in [2.45, 2.75) is 25.0 Å². The van der Waals surface area contributed by atoms with E-state index in [1.165, 1.54) is 0 Å². The summed E-state index contributed by atoms with van der Waals surface area (Å²) in [6, 6.07) is 7.73. The van der Waals surface area contributed by atoms with Gasteiger partial charge in [-0.3, -0.25) is 9.67 Å². The zero-order valence-electron chi connectivity index (χ0n) is 11.1. The van der Waals surface area contributed by atoms with Crippen LogP contribution in [0, 0.1) is 6.92 Å². The molecule has 0 aliphatic rings. The first kappa shape index (κ1) is 13.0. The lowest BCUT2D eigenvalue weighted by molar-refractivity contribution is 0.679. The van der Waals surface area contributed by atoms with Crippen LogP contribution < -0.4 is 5.69 Å². The van der Waals surface area contributed by atoms with Crippen LogP contribution >= 0.6 is 11.8 Å². The van der Waals surface area contributed by atoms with E-state index >= 15 is 0 Å². The van der Waals surface area contributed by atoms with E-state index in [2.05, 4.69) is 20.2 Å². The molecule has 2 N–H and O–H groups in total. The summed E-state index contributed by atoms with van der Waals surface area (Å²) in [7, 11) is 0. The maximum atomic E-state index is 11.9. The molecule has 20 heavy (non-hydrogen) atoms. The quantitative estimate of drug-likeness (QED) is 0.555. The highest BCUT2D eigenvalue weighted by atomic mass is 32.2. The standard InChI is InChI=1S/C13H15N5OS/c1-9-14-12(17-16-9)20-8-4-7-18-11-6-3-2-5-10(11)15-13(18)19/h2-3,5-6H,4,7-8H2,1H3,(H,15,19)(H,14,16,17). The Bertz CT molecular complexity index is 772. The average Bonchev–Trinajstić information content (AvgIpc) is 2.98. The maximum Gasteiger partial charge on any atom is 0.326 e. The lowest BCUT2D eigenvalue weighted by Gasteiger charge is -2.02. The predicted molar refractivity (Wildman–Crippen MR) is 79.0 cm³/mol. The molecule has 2 heterocycles. The molecule has 0 atom stereocenters. The fraction of sp³-hybridized carbons (Fsp3) is 0.308. The summed E-state index contributed by atoms with van der Waals surface area (Å²) < 4.78 is 1.78. The van der Waals surface area contributed by atoms with E-state index in [0.717, 1.165) is 34.2 Å². The largest absolute Gasteiger partial charge is 0.326 e. The van der Waals surface area contributed by atoms with Gasteiger partial charge in [-0.25, -0.2) is 9.78 Å². The Morgan fingerprint density at radius 3 is 3.00 bits per heavy atom. The Balaban J connectivity index is 1.62. The molecule has 0 saturated carbocycles. The number of aromatic nitrogens is 5. The highest BCUT2D eigenvalue weighted by Gasteiger charge is 2.06. The number of benzene rings is 1. The van der Waals surface area contributed by atoms with E-state index in [-0.39, 0.29) is 5.69 Å². The third kappa shape index (κ3) is 2.62. The van der Waals surface area contributed by atoms with Gasteiger partial charge in [-0.15, -0.1) is 5.10 Å². The predicted octanol–water partition coefficient (Wildman–Crippen LogP) is 1.94. The second-order valence-corrected chi connectivity index (χ2v) is 5.57. The molecule has 0 fully saturated rings. The van der Waals surface area contributed by atoms with Crippen LogP contribution in [0.2, 0.25) is 0 Å². The molecule has 0 radical (unpaired) electrons. The summed E-state index contributed by atoms with van der Waals surface area (Å²) in [6.45, 7) is 2.57. The lowest BCUT2D eigenvalue weighted by Crippen LogP contribution is -2.17. The second-order valence-electron chi connectivity index (χ2n) is 4.50. The highest BCUT2D eigenvalue weighted by molar-refractivity contribution is 7.99. The number of hydrogen-bond donors (Lipinski definition) is 2. The van der Waals surface area contributed by atoms with Crippen LogP contribution in [0.25, 0.3) is 11.0 Å². The van der Waals surface area contributed by atoms with Crippen molar-refractivity contribution in [3.63, 3.8) is 0 Å². The topological polar surface area (TPSA) is 79.4 Å². The summed E-state index contributed by atoms with van der Waals surface area (Å²) in [4.78, 5) is 19.0. The van der Waals surface area contributed by atoms with Gasteiger partial charge in [0, 0.05) is 12.3 Å².